The van der Waals surface area contributed by atoms with E-state index in [1.54, 1.807) is 126 Å². The van der Waals surface area contributed by atoms with Gasteiger partial charge >= 0.3 is 6.03 Å². The topological polar surface area (TPSA) is 150 Å². The number of urea groups is 1. The third kappa shape index (κ3) is 23.6. The zero-order valence-corrected chi connectivity index (χ0v) is 57.3. The number of hydrogen-bond donors (Lipinski definition) is 2. The van der Waals surface area contributed by atoms with Crippen molar-refractivity contribution in [1.29, 1.82) is 0 Å². The van der Waals surface area contributed by atoms with Crippen LogP contribution in [0.15, 0.2) is 246 Å². The number of halogens is 10. The van der Waals surface area contributed by atoms with Crippen molar-refractivity contribution in [3.05, 3.63) is 289 Å². The Morgan fingerprint density at radius 1 is 0.553 bits per heavy atom. The van der Waals surface area contributed by atoms with Gasteiger partial charge in [0.1, 0.15) is 0 Å². The molecule has 1 unspecified atom stereocenters. The van der Waals surface area contributed by atoms with Crippen LogP contribution in [0.5, 0.6) is 0 Å². The van der Waals surface area contributed by atoms with Gasteiger partial charge in [-0.25, -0.2) is 9.59 Å². The molecule has 436 valence electrons. The van der Waals surface area contributed by atoms with E-state index < -0.39 is 5.72 Å². The van der Waals surface area contributed by atoms with Gasteiger partial charge in [0.2, 0.25) is 6.08 Å². The highest BCUT2D eigenvalue weighted by Crippen LogP contribution is 2.41. The minimum Gasteiger partial charge on any atom is -0.399 e. The van der Waals surface area contributed by atoms with Crippen LogP contribution >= 0.6 is 142 Å². The zero-order valence-electron chi connectivity index (χ0n) is 44.8. The molecule has 2 amide bonds. The Bertz CT molecular complexity index is 3690. The molecule has 1 atom stereocenters. The van der Waals surface area contributed by atoms with E-state index in [1.807, 2.05) is 97.1 Å². The van der Waals surface area contributed by atoms with Crippen LogP contribution in [0.1, 0.15) is 55.5 Å². The number of hydrogen-bond acceptors (Lipinski definition) is 8. The lowest BCUT2D eigenvalue weighted by Gasteiger charge is -2.32. The minimum absolute atomic E-state index is 0.0440. The van der Waals surface area contributed by atoms with E-state index in [1.165, 1.54) is 17.9 Å². The molecule has 1 heterocycles. The standard InChI is InChI=1S/C21H15Br2ClN2O2.C15H12BrClO.C8H6BrClO.C8H7ClO.C7H4BrNO.C6H6BrN/c22-15-4-8-18(9-5-15)25-13-21(28,14-2-1-3-17(24)12-14)26(20(25)27)19-10-6-16(23)7-11-19;16-13-7-4-11(5-8-13)6-9-15(18)12-2-1-3-14(17)10-12;9-5-8(11)6-2-1-3-7(10)4-6;1-6(10)7-3-2-4-8(9)5-7;8-6-1-3-7(4-2-6)9-5-10;7-5-1-3-6(8)4-2-5/h1-12,28H,13H2;1-5,7-8,10H,6,9H2;1-4H,5H2;2-5H,1H3;1-4H;1-4H,8H2. The molecule has 1 fully saturated rings. The fourth-order valence-corrected chi connectivity index (χ4v) is 9.93. The second kappa shape index (κ2) is 35.9. The molecule has 3 N–H and O–H groups in total. The van der Waals surface area contributed by atoms with Gasteiger partial charge in [-0.15, -0.1) is 0 Å². The zero-order chi connectivity index (χ0) is 62.1. The summed E-state index contributed by atoms with van der Waals surface area (Å²) in [6.45, 7) is 1.59. The molecule has 1 aliphatic rings. The lowest BCUT2D eigenvalue weighted by Crippen LogP contribution is -2.44. The lowest BCUT2D eigenvalue weighted by molar-refractivity contribution is 0.0655. The third-order valence-electron chi connectivity index (χ3n) is 11.8. The van der Waals surface area contributed by atoms with Crippen molar-refractivity contribution in [3.63, 3.8) is 0 Å². The van der Waals surface area contributed by atoms with Crippen molar-refractivity contribution < 1.29 is 29.1 Å². The summed E-state index contributed by atoms with van der Waals surface area (Å²) in [5.74, 6) is 0.218. The first-order chi connectivity index (χ1) is 40.6. The van der Waals surface area contributed by atoms with E-state index in [-0.39, 0.29) is 29.9 Å². The maximum Gasteiger partial charge on any atom is 0.331 e. The smallest absolute Gasteiger partial charge is 0.331 e. The van der Waals surface area contributed by atoms with Crippen LogP contribution in [0.2, 0.25) is 20.1 Å². The van der Waals surface area contributed by atoms with Gasteiger partial charge in [0.05, 0.1) is 17.6 Å². The van der Waals surface area contributed by atoms with E-state index in [0.717, 1.165) is 40.0 Å². The van der Waals surface area contributed by atoms with Gasteiger partial charge in [0.15, 0.2) is 23.1 Å². The average molecular weight is 1600 g/mol. The Morgan fingerprint density at radius 3 is 1.38 bits per heavy atom. The number of anilines is 3. The van der Waals surface area contributed by atoms with Crippen LogP contribution in [0.4, 0.5) is 27.5 Å². The Morgan fingerprint density at radius 2 is 0.953 bits per heavy atom. The van der Waals surface area contributed by atoms with Crippen LogP contribution in [-0.2, 0) is 16.9 Å². The molecule has 0 radical (unpaired) electrons. The Labute approximate surface area is 564 Å². The van der Waals surface area contributed by atoms with Crippen molar-refractivity contribution in [1.82, 2.24) is 0 Å². The lowest BCUT2D eigenvalue weighted by atomic mass is 10.0. The first-order valence-electron chi connectivity index (χ1n) is 25.2. The molecule has 20 heteroatoms. The number of aliphatic imine (C=N–C) groups is 1. The van der Waals surface area contributed by atoms with Crippen molar-refractivity contribution >= 4 is 194 Å². The highest BCUT2D eigenvalue weighted by atomic mass is 79.9. The van der Waals surface area contributed by atoms with E-state index in [2.05, 4.69) is 101 Å². The van der Waals surface area contributed by atoms with Crippen molar-refractivity contribution in [2.75, 3.05) is 27.4 Å². The average Bonchev–Trinajstić information content (AvgIpc) is 1.89. The summed E-state index contributed by atoms with van der Waals surface area (Å²) in [7, 11) is 0. The van der Waals surface area contributed by atoms with E-state index in [9.17, 15) is 29.1 Å². The van der Waals surface area contributed by atoms with E-state index in [0.29, 0.717) is 71.2 Å². The van der Waals surface area contributed by atoms with Crippen LogP contribution < -0.4 is 15.5 Å². The Balaban J connectivity index is 0.000000200. The number of amides is 2. The molecule has 1 saturated heterocycles. The number of isocyanates is 1. The number of aryl methyl sites for hydroxylation is 1. The summed E-state index contributed by atoms with van der Waals surface area (Å²) in [5.41, 5.74) is 10.3. The molecule has 85 heavy (non-hydrogen) atoms. The number of ketones is 3. The SMILES string of the molecule is CC(=O)c1cccc(Cl)c1.Nc1ccc(Br)cc1.O=C(CBr)c1cccc(Cl)c1.O=C(CCc1ccc(Br)cc1)c1cccc(Cl)c1.O=C1N(c2ccc(Br)cc2)CC(O)(c2cccc(Cl)c2)N1c1ccc(Br)cc1.O=C=Nc1ccc(Br)cc1. The quantitative estimate of drug-likeness (QED) is 0.0430. The molecule has 10 rings (SSSR count). The van der Waals surface area contributed by atoms with Gasteiger partial charge in [-0.3, -0.25) is 24.2 Å². The van der Waals surface area contributed by atoms with Gasteiger partial charge in [-0.1, -0.05) is 203 Å². The van der Waals surface area contributed by atoms with Crippen LogP contribution in [0.25, 0.3) is 0 Å². The molecular weight excluding hydrogens is 1550 g/mol. The van der Waals surface area contributed by atoms with Crippen LogP contribution in [0, 0.1) is 0 Å². The summed E-state index contributed by atoms with van der Waals surface area (Å²) in [4.78, 5) is 63.3. The fourth-order valence-electron chi connectivity index (χ4n) is 7.53. The number of nitrogens with zero attached hydrogens (tertiary/aromatic N) is 3. The first kappa shape index (κ1) is 70.2. The van der Waals surface area contributed by atoms with E-state index >= 15 is 0 Å². The molecule has 10 nitrogen and oxygen atoms in total. The van der Waals surface area contributed by atoms with Crippen molar-refractivity contribution in [3.8, 4) is 0 Å². The molecule has 0 aliphatic carbocycles. The number of benzene rings is 9. The Hall–Kier alpha value is -5.56. The normalized spacial score (nSPS) is 12.8. The predicted octanol–water partition coefficient (Wildman–Crippen LogP) is 21.0. The summed E-state index contributed by atoms with van der Waals surface area (Å²) in [6, 6.07) is 64.9. The Kier molecular flexibility index (Phi) is 29.7. The van der Waals surface area contributed by atoms with Crippen molar-refractivity contribution in [2.45, 2.75) is 25.5 Å². The highest BCUT2D eigenvalue weighted by Gasteiger charge is 2.51. The second-order valence-corrected chi connectivity index (χ2v) is 24.8. The minimum atomic E-state index is -1.57. The third-order valence-corrected chi connectivity index (χ3v) is 15.8. The molecule has 9 aromatic rings. The molecule has 0 saturated carbocycles. The van der Waals surface area contributed by atoms with Gasteiger partial charge in [-0.05, 0) is 177 Å². The maximum absolute atomic E-state index is 13.4. The largest absolute Gasteiger partial charge is 0.399 e. The maximum atomic E-state index is 13.4. The molecule has 9 aromatic carbocycles. The fraction of sp³-hybridized carbons (Fsp3) is 0.0923. The summed E-state index contributed by atoms with van der Waals surface area (Å²) in [5, 5.41) is 14.3. The van der Waals surface area contributed by atoms with Crippen LogP contribution in [0.3, 0.4) is 0 Å². The predicted molar refractivity (Wildman–Crippen MR) is 369 cm³/mol. The second-order valence-electron chi connectivity index (χ2n) is 17.9. The van der Waals surface area contributed by atoms with Gasteiger partial charge in [0.25, 0.3) is 0 Å². The van der Waals surface area contributed by atoms with Gasteiger partial charge < -0.3 is 10.8 Å². The monoisotopic (exact) mass is 1600 g/mol. The molecule has 0 spiro atoms. The molecular formula is C65H50Br6Cl4N4O6. The summed E-state index contributed by atoms with van der Waals surface area (Å²) in [6.07, 6.45) is 2.71. The number of carbonyl (C=O) groups excluding carboxylic acids is 5. The van der Waals surface area contributed by atoms with Crippen LogP contribution in [-0.4, -0.2) is 46.4 Å². The van der Waals surface area contributed by atoms with Gasteiger partial charge in [0, 0.05) is 88.2 Å². The molecule has 1 aliphatic heterocycles. The summed E-state index contributed by atoms with van der Waals surface area (Å²) < 4.78 is 4.88. The number of alkyl halides is 1. The molecule has 0 aromatic heterocycles. The number of rotatable bonds is 11. The number of nitrogen functional groups attached to an aromatic ring is 1. The van der Waals surface area contributed by atoms with Crippen molar-refractivity contribution in [2.24, 2.45) is 4.99 Å². The number of carbonyl (C=O) groups is 4. The number of Topliss-reactive ketones (excluding diaryl/α,β-unsaturated/α-hetero) is 3. The number of aliphatic hydroxyl groups is 1. The first-order valence-corrected chi connectivity index (χ1v) is 31.8. The van der Waals surface area contributed by atoms with Gasteiger partial charge in [-0.2, -0.15) is 4.99 Å². The van der Waals surface area contributed by atoms with E-state index in [4.69, 9.17) is 52.1 Å². The highest BCUT2D eigenvalue weighted by molar-refractivity contribution is 9.11. The molecule has 0 bridgehead atoms. The number of nitrogens with two attached hydrogens (primary N) is 1. The number of β-amino-alcohol motifs (C(OH)–C–C–N with tert-alkyl or cyclic N) is 1. The summed E-state index contributed by atoms with van der Waals surface area (Å²) >= 11 is 43.2.